The Morgan fingerprint density at radius 2 is 1.75 bits per heavy atom. The van der Waals surface area contributed by atoms with Crippen LogP contribution < -0.4 is 0 Å². The molecular weight excluding hydrogens is 212 g/mol. The summed E-state index contributed by atoms with van der Waals surface area (Å²) >= 11 is 0. The van der Waals surface area contributed by atoms with Crippen molar-refractivity contribution in [3.05, 3.63) is 56.1 Å². The van der Waals surface area contributed by atoms with Gasteiger partial charge >= 0.3 is 0 Å². The van der Waals surface area contributed by atoms with Gasteiger partial charge in [-0.15, -0.1) is 0 Å². The summed E-state index contributed by atoms with van der Waals surface area (Å²) in [4.78, 5) is 19.9. The van der Waals surface area contributed by atoms with Gasteiger partial charge in [-0.1, -0.05) is 30.3 Å². The van der Waals surface area contributed by atoms with Gasteiger partial charge in [0.05, 0.1) is 6.42 Å². The number of benzene rings is 1. The first-order chi connectivity index (χ1) is 7.59. The molecule has 1 aromatic carbocycles. The highest BCUT2D eigenvalue weighted by Crippen LogP contribution is 2.08. The van der Waals surface area contributed by atoms with Gasteiger partial charge in [0, 0.05) is 16.3 Å². The summed E-state index contributed by atoms with van der Waals surface area (Å²) in [5.74, 6) is 0. The zero-order chi connectivity index (χ0) is 12.0. The second-order valence-corrected chi connectivity index (χ2v) is 3.47. The number of nitrogens with zero attached hydrogens (tertiary/aromatic N) is 2. The number of hydrogen-bond acceptors (Lipinski definition) is 4. The van der Waals surface area contributed by atoms with Crippen LogP contribution in [-0.4, -0.2) is 22.4 Å². The van der Waals surface area contributed by atoms with Crippen molar-refractivity contribution in [2.45, 2.75) is 18.9 Å². The summed E-state index contributed by atoms with van der Waals surface area (Å²) in [6, 6.07) is 8.08. The zero-order valence-electron chi connectivity index (χ0n) is 8.61. The third kappa shape index (κ3) is 4.04. The van der Waals surface area contributed by atoms with E-state index in [1.165, 1.54) is 0 Å². The molecule has 0 bridgehead atoms. The number of rotatable bonds is 6. The number of nitro groups is 2. The van der Waals surface area contributed by atoms with E-state index < -0.39 is 15.9 Å². The highest BCUT2D eigenvalue weighted by atomic mass is 16.6. The standard InChI is InChI=1S/C10H12N2O4/c13-11(14)7-6-10(12(15)16)8-9-4-2-1-3-5-9/h1-5,10H,6-8H2. The Bertz CT molecular complexity index is 366. The fourth-order valence-electron chi connectivity index (χ4n) is 1.42. The summed E-state index contributed by atoms with van der Waals surface area (Å²) in [5, 5.41) is 20.9. The van der Waals surface area contributed by atoms with Crippen molar-refractivity contribution in [1.29, 1.82) is 0 Å². The molecule has 86 valence electrons. The van der Waals surface area contributed by atoms with Crippen LogP contribution in [0.25, 0.3) is 0 Å². The van der Waals surface area contributed by atoms with Crippen molar-refractivity contribution in [3.8, 4) is 0 Å². The van der Waals surface area contributed by atoms with Gasteiger partial charge in [0.2, 0.25) is 12.6 Å². The smallest absolute Gasteiger partial charge is 0.223 e. The first-order valence-corrected chi connectivity index (χ1v) is 4.89. The predicted molar refractivity (Wildman–Crippen MR) is 57.4 cm³/mol. The maximum atomic E-state index is 10.7. The van der Waals surface area contributed by atoms with Crippen LogP contribution in [0.15, 0.2) is 30.3 Å². The fraction of sp³-hybridized carbons (Fsp3) is 0.400. The molecule has 0 saturated carbocycles. The molecule has 6 heteroatoms. The molecule has 1 rings (SSSR count). The molecule has 0 aliphatic rings. The largest absolute Gasteiger partial charge is 0.265 e. The Hall–Kier alpha value is -1.98. The van der Waals surface area contributed by atoms with Crippen LogP contribution in [0.5, 0.6) is 0 Å². The van der Waals surface area contributed by atoms with E-state index in [9.17, 15) is 20.2 Å². The van der Waals surface area contributed by atoms with E-state index in [0.29, 0.717) is 0 Å². The van der Waals surface area contributed by atoms with E-state index in [4.69, 9.17) is 0 Å². The highest BCUT2D eigenvalue weighted by molar-refractivity contribution is 5.15. The predicted octanol–water partition coefficient (Wildman–Crippen LogP) is 1.54. The van der Waals surface area contributed by atoms with E-state index in [1.807, 2.05) is 6.07 Å². The first kappa shape index (κ1) is 12.1. The van der Waals surface area contributed by atoms with E-state index in [2.05, 4.69) is 0 Å². The van der Waals surface area contributed by atoms with Crippen LogP contribution in [0.1, 0.15) is 12.0 Å². The van der Waals surface area contributed by atoms with Crippen LogP contribution in [0.4, 0.5) is 0 Å². The average molecular weight is 224 g/mol. The van der Waals surface area contributed by atoms with Crippen LogP contribution in [0.3, 0.4) is 0 Å². The molecule has 0 amide bonds. The fourth-order valence-corrected chi connectivity index (χ4v) is 1.42. The van der Waals surface area contributed by atoms with E-state index in [0.717, 1.165) is 5.56 Å². The lowest BCUT2D eigenvalue weighted by Crippen LogP contribution is -2.25. The van der Waals surface area contributed by atoms with E-state index in [-0.39, 0.29) is 19.4 Å². The molecular formula is C10H12N2O4. The van der Waals surface area contributed by atoms with Crippen molar-refractivity contribution in [2.24, 2.45) is 0 Å². The minimum atomic E-state index is -0.882. The van der Waals surface area contributed by atoms with Crippen molar-refractivity contribution in [2.75, 3.05) is 6.54 Å². The second-order valence-electron chi connectivity index (χ2n) is 3.47. The molecule has 0 heterocycles. The van der Waals surface area contributed by atoms with Gasteiger partial charge in [0.15, 0.2) is 0 Å². The molecule has 0 aliphatic heterocycles. The Morgan fingerprint density at radius 1 is 1.12 bits per heavy atom. The van der Waals surface area contributed by atoms with E-state index >= 15 is 0 Å². The molecule has 0 spiro atoms. The molecule has 0 aromatic heterocycles. The number of hydrogen-bond donors (Lipinski definition) is 0. The van der Waals surface area contributed by atoms with Crippen LogP contribution in [0.2, 0.25) is 0 Å². The highest BCUT2D eigenvalue weighted by Gasteiger charge is 2.22. The van der Waals surface area contributed by atoms with Gasteiger partial charge in [0.25, 0.3) is 0 Å². The van der Waals surface area contributed by atoms with Crippen molar-refractivity contribution in [1.82, 2.24) is 0 Å². The molecule has 6 nitrogen and oxygen atoms in total. The van der Waals surface area contributed by atoms with Crippen molar-refractivity contribution in [3.63, 3.8) is 0 Å². The van der Waals surface area contributed by atoms with Crippen molar-refractivity contribution < 1.29 is 9.85 Å². The summed E-state index contributed by atoms with van der Waals surface area (Å²) in [6.45, 7) is -0.363. The lowest BCUT2D eigenvalue weighted by molar-refractivity contribution is -0.541. The van der Waals surface area contributed by atoms with Gasteiger partial charge < -0.3 is 0 Å². The van der Waals surface area contributed by atoms with Crippen LogP contribution >= 0.6 is 0 Å². The summed E-state index contributed by atoms with van der Waals surface area (Å²) in [6.07, 6.45) is 0.205. The maximum absolute atomic E-state index is 10.7. The molecule has 16 heavy (non-hydrogen) atoms. The van der Waals surface area contributed by atoms with Gasteiger partial charge in [-0.3, -0.25) is 20.2 Å². The third-order valence-electron chi connectivity index (χ3n) is 2.26. The Balaban J connectivity index is 2.58. The van der Waals surface area contributed by atoms with E-state index in [1.54, 1.807) is 24.3 Å². The molecule has 1 unspecified atom stereocenters. The van der Waals surface area contributed by atoms with Crippen LogP contribution in [0, 0.1) is 20.2 Å². The lowest BCUT2D eigenvalue weighted by atomic mass is 10.0. The monoisotopic (exact) mass is 224 g/mol. The minimum absolute atomic E-state index is 0.0328. The molecule has 0 fully saturated rings. The quantitative estimate of drug-likeness (QED) is 0.541. The SMILES string of the molecule is O=[N+]([O-])CCC(Cc1ccccc1)[N+](=O)[O-]. The molecule has 0 radical (unpaired) electrons. The Kier molecular flexibility index (Phi) is 4.38. The van der Waals surface area contributed by atoms with Gasteiger partial charge in [-0.05, 0) is 5.56 Å². The average Bonchev–Trinajstić information content (AvgIpc) is 2.25. The molecule has 1 atom stereocenters. The summed E-state index contributed by atoms with van der Waals surface area (Å²) in [7, 11) is 0. The molecule has 0 aliphatic carbocycles. The van der Waals surface area contributed by atoms with Crippen LogP contribution in [-0.2, 0) is 6.42 Å². The topological polar surface area (TPSA) is 86.3 Å². The van der Waals surface area contributed by atoms with Gasteiger partial charge in [0.1, 0.15) is 0 Å². The minimum Gasteiger partial charge on any atom is -0.265 e. The maximum Gasteiger partial charge on any atom is 0.223 e. The zero-order valence-corrected chi connectivity index (χ0v) is 8.61. The molecule has 0 N–H and O–H groups in total. The summed E-state index contributed by atoms with van der Waals surface area (Å²) < 4.78 is 0. The lowest BCUT2D eigenvalue weighted by Gasteiger charge is -2.06. The molecule has 0 saturated heterocycles. The first-order valence-electron chi connectivity index (χ1n) is 4.89. The Morgan fingerprint density at radius 3 is 2.25 bits per heavy atom. The third-order valence-corrected chi connectivity index (χ3v) is 2.26. The normalized spacial score (nSPS) is 12.0. The van der Waals surface area contributed by atoms with Gasteiger partial charge in [-0.2, -0.15) is 0 Å². The Labute approximate surface area is 92.2 Å². The van der Waals surface area contributed by atoms with Crippen molar-refractivity contribution >= 4 is 0 Å². The molecule has 1 aromatic rings. The second kappa shape index (κ2) is 5.79. The van der Waals surface area contributed by atoms with Gasteiger partial charge in [-0.25, -0.2) is 0 Å². The summed E-state index contributed by atoms with van der Waals surface area (Å²) in [5.41, 5.74) is 0.826.